The fraction of sp³-hybridized carbons (Fsp3) is 0.156. The highest BCUT2D eigenvalue weighted by atomic mass is 28.3. The van der Waals surface area contributed by atoms with Gasteiger partial charge in [0.15, 0.2) is 0 Å². The Labute approximate surface area is 398 Å². The van der Waals surface area contributed by atoms with Crippen molar-refractivity contribution in [2.45, 2.75) is 64.7 Å². The maximum absolute atomic E-state index is 7.07. The van der Waals surface area contributed by atoms with E-state index >= 15 is 0 Å². The molecule has 15 rings (SSSR count). The molecule has 0 bridgehead atoms. The number of furan rings is 2. The first kappa shape index (κ1) is 39.1. The zero-order valence-electron chi connectivity index (χ0n) is 39.8. The average Bonchev–Trinajstić information content (AvgIpc) is 4.13. The smallest absolute Gasteiger partial charge is 0.143 e. The number of rotatable bonds is 2. The molecule has 2 aliphatic carbocycles. The number of benzene rings is 9. The third-order valence-corrected chi connectivity index (χ3v) is 24.7. The second-order valence-corrected chi connectivity index (χ2v) is 30.9. The van der Waals surface area contributed by atoms with Gasteiger partial charge >= 0.3 is 0 Å². The first-order valence-electron chi connectivity index (χ1n) is 24.4. The lowest BCUT2D eigenvalue weighted by Crippen LogP contribution is -2.63. The summed E-state index contributed by atoms with van der Waals surface area (Å²) in [6.07, 6.45) is 0. The van der Waals surface area contributed by atoms with Gasteiger partial charge in [-0.05, 0) is 123 Å². The molecular formula is C64H50O2Si2. The normalized spacial score (nSPS) is 16.7. The van der Waals surface area contributed by atoms with Gasteiger partial charge in [-0.3, -0.25) is 0 Å². The molecule has 0 saturated heterocycles. The van der Waals surface area contributed by atoms with Gasteiger partial charge in [0.25, 0.3) is 0 Å². The average molecular weight is 907 g/mol. The molecule has 0 saturated carbocycles. The molecule has 2 aromatic heterocycles. The summed E-state index contributed by atoms with van der Waals surface area (Å²) in [4.78, 5) is 0. The topological polar surface area (TPSA) is 26.3 Å². The Morgan fingerprint density at radius 2 is 0.721 bits per heavy atom. The maximum atomic E-state index is 7.07. The Hall–Kier alpha value is -6.99. The summed E-state index contributed by atoms with van der Waals surface area (Å²) >= 11 is 0. The summed E-state index contributed by atoms with van der Waals surface area (Å²) in [5.74, 6) is 0. The van der Waals surface area contributed by atoms with E-state index in [2.05, 4.69) is 212 Å². The monoisotopic (exact) mass is 906 g/mol. The second kappa shape index (κ2) is 12.6. The predicted molar refractivity (Wildman–Crippen MR) is 291 cm³/mol. The van der Waals surface area contributed by atoms with E-state index in [0.717, 1.165) is 22.3 Å². The van der Waals surface area contributed by atoms with Crippen LogP contribution in [-0.2, 0) is 10.8 Å². The Kier molecular flexibility index (Phi) is 7.21. The lowest BCUT2D eigenvalue weighted by Gasteiger charge is -2.28. The van der Waals surface area contributed by atoms with Crippen LogP contribution in [0.3, 0.4) is 0 Å². The van der Waals surface area contributed by atoms with Gasteiger partial charge in [-0.2, -0.15) is 0 Å². The van der Waals surface area contributed by atoms with Crippen molar-refractivity contribution < 1.29 is 8.83 Å². The molecule has 0 radical (unpaired) electrons. The van der Waals surface area contributed by atoms with Crippen LogP contribution in [0.5, 0.6) is 0 Å². The highest BCUT2D eigenvalue weighted by molar-refractivity contribution is 7.13. The molecular weight excluding hydrogens is 857 g/mol. The van der Waals surface area contributed by atoms with E-state index in [9.17, 15) is 0 Å². The van der Waals surface area contributed by atoms with Crippen LogP contribution in [0.25, 0.3) is 111 Å². The molecule has 0 atom stereocenters. The molecule has 4 heteroatoms. The van der Waals surface area contributed by atoms with Crippen molar-refractivity contribution in [3.63, 3.8) is 0 Å². The largest absolute Gasteiger partial charge is 0.455 e. The van der Waals surface area contributed by atoms with Crippen LogP contribution in [-0.4, -0.2) is 16.1 Å². The third-order valence-electron chi connectivity index (χ3n) is 17.4. The molecule has 326 valence electrons. The van der Waals surface area contributed by atoms with Gasteiger partial charge in [0.1, 0.15) is 38.5 Å². The molecule has 4 aliphatic rings. The first-order valence-corrected chi connectivity index (χ1v) is 30.4. The summed E-state index contributed by atoms with van der Waals surface area (Å²) in [6.45, 7) is 20.0. The van der Waals surface area contributed by atoms with Crippen molar-refractivity contribution in [2.24, 2.45) is 0 Å². The van der Waals surface area contributed by atoms with E-state index in [4.69, 9.17) is 8.83 Å². The molecule has 11 aromatic rings. The first-order chi connectivity index (χ1) is 32.8. The van der Waals surface area contributed by atoms with Crippen molar-refractivity contribution in [1.29, 1.82) is 0 Å². The minimum absolute atomic E-state index is 0.101. The van der Waals surface area contributed by atoms with Crippen molar-refractivity contribution in [3.05, 3.63) is 180 Å². The highest BCUT2D eigenvalue weighted by Crippen LogP contribution is 2.54. The molecule has 9 aromatic carbocycles. The van der Waals surface area contributed by atoms with Crippen LogP contribution in [0.15, 0.2) is 167 Å². The SMILES string of the molecule is CC1(C)c2ccccc2-c2ccc(-c3cc4c(c5c3oc3ccccc35)-c3ccc5c(c3[Si]4(C)C)[Si](C)(C)c3cc(-c4ccc6c(c4)C(C)(C)c4ccccc4-6)c4oc6ccccc6c4c3-5)cc21. The summed E-state index contributed by atoms with van der Waals surface area (Å²) < 4.78 is 14.1. The molecule has 0 fully saturated rings. The van der Waals surface area contributed by atoms with E-state index in [-0.39, 0.29) is 10.8 Å². The van der Waals surface area contributed by atoms with Gasteiger partial charge in [-0.1, -0.05) is 187 Å². The van der Waals surface area contributed by atoms with Gasteiger partial charge < -0.3 is 8.83 Å². The molecule has 68 heavy (non-hydrogen) atoms. The molecule has 2 nitrogen and oxygen atoms in total. The van der Waals surface area contributed by atoms with Crippen molar-refractivity contribution in [1.82, 2.24) is 0 Å². The Morgan fingerprint density at radius 3 is 1.16 bits per heavy atom. The quantitative estimate of drug-likeness (QED) is 0.162. The Balaban J connectivity index is 0.970. The lowest BCUT2D eigenvalue weighted by atomic mass is 9.81. The Morgan fingerprint density at radius 1 is 0.353 bits per heavy atom. The van der Waals surface area contributed by atoms with E-state index in [0.29, 0.717) is 0 Å². The minimum atomic E-state index is -2.38. The van der Waals surface area contributed by atoms with Crippen LogP contribution >= 0.6 is 0 Å². The van der Waals surface area contributed by atoms with Gasteiger partial charge in [-0.15, -0.1) is 0 Å². The maximum Gasteiger partial charge on any atom is 0.143 e. The zero-order valence-corrected chi connectivity index (χ0v) is 41.8. The van der Waals surface area contributed by atoms with Gasteiger partial charge in [0.2, 0.25) is 0 Å². The standard InChI is InChI=1S/C64H50O2Si2/c1-63(2)47-21-13-9-17-37(47)39-27-25-35(31-49(39)63)45-33-53-55(57-41-19-11-15-23-51(41)65-59(45)57)43-29-30-44-56-54(68(7,8)62(44)61(43)67(53,5)6)34-46(60-58(56)42-20-12-16-24-52(42)66-60)36-26-28-40-38-18-10-14-22-48(38)64(3,4)50(40)32-36/h9-34H,1-8H3. The molecule has 0 spiro atoms. The van der Waals surface area contributed by atoms with Crippen LogP contribution in [0.4, 0.5) is 0 Å². The number of hydrogen-bond acceptors (Lipinski definition) is 2. The minimum Gasteiger partial charge on any atom is -0.455 e. The molecule has 4 heterocycles. The van der Waals surface area contributed by atoms with Crippen LogP contribution in [0.2, 0.25) is 26.2 Å². The predicted octanol–water partition coefficient (Wildman–Crippen LogP) is 15.0. The zero-order chi connectivity index (χ0) is 46.0. The fourth-order valence-electron chi connectivity index (χ4n) is 14.1. The molecule has 0 N–H and O–H groups in total. The fourth-order valence-corrected chi connectivity index (χ4v) is 22.6. The van der Waals surface area contributed by atoms with Gasteiger partial charge in [0, 0.05) is 43.5 Å². The van der Waals surface area contributed by atoms with Gasteiger partial charge in [-0.25, -0.2) is 0 Å². The van der Waals surface area contributed by atoms with E-state index in [1.54, 1.807) is 10.4 Å². The van der Waals surface area contributed by atoms with Crippen LogP contribution < -0.4 is 20.7 Å². The molecule has 2 aliphatic heterocycles. The number of fused-ring (bicyclic) bond motifs is 21. The third kappa shape index (κ3) is 4.59. The van der Waals surface area contributed by atoms with Crippen molar-refractivity contribution in [2.75, 3.05) is 0 Å². The van der Waals surface area contributed by atoms with Crippen molar-refractivity contribution in [3.8, 4) is 66.8 Å². The highest BCUT2D eigenvalue weighted by Gasteiger charge is 2.50. The van der Waals surface area contributed by atoms with Gasteiger partial charge in [0.05, 0.1) is 0 Å². The van der Waals surface area contributed by atoms with E-state index < -0.39 is 16.1 Å². The summed E-state index contributed by atoms with van der Waals surface area (Å²) in [5, 5.41) is 11.2. The number of hydrogen-bond donors (Lipinski definition) is 0. The van der Waals surface area contributed by atoms with Crippen molar-refractivity contribution >= 4 is 80.8 Å². The summed E-state index contributed by atoms with van der Waals surface area (Å²) in [7, 11) is -4.76. The lowest BCUT2D eigenvalue weighted by molar-refractivity contribution is 0.660. The van der Waals surface area contributed by atoms with Crippen LogP contribution in [0, 0.1) is 0 Å². The second-order valence-electron chi connectivity index (χ2n) is 22.3. The molecule has 0 unspecified atom stereocenters. The van der Waals surface area contributed by atoms with E-state index in [1.807, 2.05) is 0 Å². The Bertz CT molecular complexity index is 3880. The molecule has 0 amide bonds. The number of para-hydroxylation sites is 2. The van der Waals surface area contributed by atoms with Crippen LogP contribution in [0.1, 0.15) is 49.9 Å². The summed E-state index contributed by atoms with van der Waals surface area (Å²) in [6, 6.07) is 59.9. The summed E-state index contributed by atoms with van der Waals surface area (Å²) in [5.41, 5.74) is 25.1. The van der Waals surface area contributed by atoms with E-state index in [1.165, 1.54) is 121 Å².